The van der Waals surface area contributed by atoms with Crippen molar-refractivity contribution in [3.05, 3.63) is 84.1 Å². The third kappa shape index (κ3) is 4.25. The van der Waals surface area contributed by atoms with Crippen LogP contribution in [-0.4, -0.2) is 40.1 Å². The number of anilines is 3. The predicted octanol–water partition coefficient (Wildman–Crippen LogP) is 4.17. The highest BCUT2D eigenvalue weighted by molar-refractivity contribution is 6.46. The third-order valence-corrected chi connectivity index (χ3v) is 5.43. The van der Waals surface area contributed by atoms with Crippen molar-refractivity contribution in [2.75, 3.05) is 43.4 Å². The normalized spacial score (nSPS) is 13.4. The molecule has 3 aromatic rings. The van der Waals surface area contributed by atoms with E-state index in [1.165, 1.54) is 12.0 Å². The first-order valence-corrected chi connectivity index (χ1v) is 10.4. The Morgan fingerprint density at radius 2 is 1.45 bits per heavy atom. The minimum atomic E-state index is -0.434. The summed E-state index contributed by atoms with van der Waals surface area (Å²) in [5, 5.41) is 3.18. The molecule has 1 aliphatic heterocycles. The molecular formula is C26H25N3O4. The van der Waals surface area contributed by atoms with Crippen LogP contribution in [0.1, 0.15) is 5.56 Å². The van der Waals surface area contributed by atoms with E-state index in [1.807, 2.05) is 43.3 Å². The Morgan fingerprint density at radius 1 is 0.788 bits per heavy atom. The van der Waals surface area contributed by atoms with Gasteiger partial charge in [0.05, 0.1) is 25.5 Å². The van der Waals surface area contributed by atoms with E-state index in [0.717, 1.165) is 5.69 Å². The zero-order valence-electron chi connectivity index (χ0n) is 19.0. The van der Waals surface area contributed by atoms with E-state index in [2.05, 4.69) is 5.32 Å². The zero-order chi connectivity index (χ0) is 23.5. The molecular weight excluding hydrogens is 418 g/mol. The summed E-state index contributed by atoms with van der Waals surface area (Å²) in [6.07, 6.45) is 0. The molecule has 0 aromatic heterocycles. The van der Waals surface area contributed by atoms with Gasteiger partial charge in [-0.2, -0.15) is 0 Å². The molecule has 0 saturated carbocycles. The lowest BCUT2D eigenvalue weighted by Crippen LogP contribution is -2.32. The molecule has 33 heavy (non-hydrogen) atoms. The molecule has 7 nitrogen and oxygen atoms in total. The number of nitrogens with zero attached hydrogens (tertiary/aromatic N) is 2. The van der Waals surface area contributed by atoms with E-state index in [-0.39, 0.29) is 5.70 Å². The van der Waals surface area contributed by atoms with Gasteiger partial charge in [0.15, 0.2) is 0 Å². The predicted molar refractivity (Wildman–Crippen MR) is 130 cm³/mol. The van der Waals surface area contributed by atoms with Gasteiger partial charge in [0, 0.05) is 31.5 Å². The van der Waals surface area contributed by atoms with E-state index < -0.39 is 11.8 Å². The lowest BCUT2D eigenvalue weighted by molar-refractivity contribution is -0.120. The Hall–Kier alpha value is -4.26. The van der Waals surface area contributed by atoms with Gasteiger partial charge in [-0.1, -0.05) is 18.2 Å². The van der Waals surface area contributed by atoms with Crippen LogP contribution in [0.25, 0.3) is 5.57 Å². The molecule has 2 amide bonds. The van der Waals surface area contributed by atoms with Crippen LogP contribution in [0.3, 0.4) is 0 Å². The van der Waals surface area contributed by atoms with Crippen molar-refractivity contribution in [3.63, 3.8) is 0 Å². The van der Waals surface area contributed by atoms with E-state index in [0.29, 0.717) is 34.0 Å². The van der Waals surface area contributed by atoms with E-state index in [4.69, 9.17) is 9.47 Å². The highest BCUT2D eigenvalue weighted by Gasteiger charge is 2.40. The topological polar surface area (TPSA) is 71.1 Å². The van der Waals surface area contributed by atoms with Gasteiger partial charge < -0.3 is 19.7 Å². The molecule has 0 unspecified atom stereocenters. The summed E-state index contributed by atoms with van der Waals surface area (Å²) >= 11 is 0. The molecule has 1 aliphatic rings. The summed E-state index contributed by atoms with van der Waals surface area (Å²) in [7, 11) is 7.03. The molecule has 3 aromatic carbocycles. The maximum absolute atomic E-state index is 13.5. The van der Waals surface area contributed by atoms with Gasteiger partial charge in [-0.15, -0.1) is 0 Å². The maximum Gasteiger partial charge on any atom is 0.282 e. The van der Waals surface area contributed by atoms with Crippen LogP contribution in [0.5, 0.6) is 11.5 Å². The van der Waals surface area contributed by atoms with Gasteiger partial charge in [-0.3, -0.25) is 9.59 Å². The fraction of sp³-hybridized carbons (Fsp3) is 0.154. The first kappa shape index (κ1) is 22.0. The number of hydrogen-bond donors (Lipinski definition) is 1. The van der Waals surface area contributed by atoms with Crippen LogP contribution >= 0.6 is 0 Å². The standard InChI is InChI=1S/C26H25N3O4/c1-28(2)19-12-10-18(11-13-19)27-24-23(17-8-14-21(32-3)15-9-17)25(30)29(26(24)31)20-6-5-7-22(16-20)33-4/h5-16,27H,1-4H3. The second kappa shape index (κ2) is 9.08. The van der Waals surface area contributed by atoms with Crippen molar-refractivity contribution in [3.8, 4) is 11.5 Å². The van der Waals surface area contributed by atoms with Gasteiger partial charge in [0.2, 0.25) is 0 Å². The molecule has 0 spiro atoms. The molecule has 0 aliphatic carbocycles. The second-order valence-electron chi connectivity index (χ2n) is 7.69. The lowest BCUT2D eigenvalue weighted by Gasteiger charge is -2.16. The van der Waals surface area contributed by atoms with Gasteiger partial charge in [-0.05, 0) is 54.1 Å². The highest BCUT2D eigenvalue weighted by atomic mass is 16.5. The van der Waals surface area contributed by atoms with Gasteiger partial charge in [0.25, 0.3) is 11.8 Å². The molecule has 7 heteroatoms. The van der Waals surface area contributed by atoms with Crippen molar-refractivity contribution in [1.29, 1.82) is 0 Å². The Morgan fingerprint density at radius 3 is 2.06 bits per heavy atom. The fourth-order valence-electron chi connectivity index (χ4n) is 3.64. The number of carbonyl (C=O) groups excluding carboxylic acids is 2. The summed E-state index contributed by atoms with van der Waals surface area (Å²) in [4.78, 5) is 30.2. The number of methoxy groups -OCH3 is 2. The number of hydrogen-bond acceptors (Lipinski definition) is 6. The molecule has 0 atom stereocenters. The quantitative estimate of drug-likeness (QED) is 0.553. The monoisotopic (exact) mass is 443 g/mol. The number of rotatable bonds is 7. The first-order chi connectivity index (χ1) is 15.9. The lowest BCUT2D eigenvalue weighted by atomic mass is 10.0. The minimum Gasteiger partial charge on any atom is -0.497 e. The number of benzene rings is 3. The highest BCUT2D eigenvalue weighted by Crippen LogP contribution is 2.35. The van der Waals surface area contributed by atoms with Crippen LogP contribution < -0.4 is 24.6 Å². The number of nitrogens with one attached hydrogen (secondary N) is 1. The molecule has 168 valence electrons. The van der Waals surface area contributed by atoms with Crippen molar-refractivity contribution in [2.24, 2.45) is 0 Å². The Kier molecular flexibility index (Phi) is 6.04. The van der Waals surface area contributed by atoms with Crippen molar-refractivity contribution in [2.45, 2.75) is 0 Å². The average molecular weight is 444 g/mol. The van der Waals surface area contributed by atoms with E-state index >= 15 is 0 Å². The molecule has 1 N–H and O–H groups in total. The van der Waals surface area contributed by atoms with E-state index in [9.17, 15) is 9.59 Å². The number of ether oxygens (including phenoxy) is 2. The summed E-state index contributed by atoms with van der Waals surface area (Å²) in [6, 6.07) is 21.6. The Labute approximate surface area is 192 Å². The van der Waals surface area contributed by atoms with Crippen LogP contribution in [0, 0.1) is 0 Å². The first-order valence-electron chi connectivity index (χ1n) is 10.4. The number of imide groups is 1. The molecule has 0 bridgehead atoms. The van der Waals surface area contributed by atoms with Crippen LogP contribution in [0.2, 0.25) is 0 Å². The van der Waals surface area contributed by atoms with Crippen molar-refractivity contribution < 1.29 is 19.1 Å². The van der Waals surface area contributed by atoms with Crippen molar-refractivity contribution in [1.82, 2.24) is 0 Å². The summed E-state index contributed by atoms with van der Waals surface area (Å²) in [6.45, 7) is 0. The summed E-state index contributed by atoms with van der Waals surface area (Å²) < 4.78 is 10.5. The molecule has 1 heterocycles. The number of carbonyl (C=O) groups is 2. The fourth-order valence-corrected chi connectivity index (χ4v) is 3.64. The van der Waals surface area contributed by atoms with E-state index in [1.54, 1.807) is 55.6 Å². The third-order valence-electron chi connectivity index (χ3n) is 5.43. The molecule has 0 fully saturated rings. The maximum atomic E-state index is 13.5. The zero-order valence-corrected chi connectivity index (χ0v) is 19.0. The molecule has 0 radical (unpaired) electrons. The van der Waals surface area contributed by atoms with Crippen LogP contribution in [0.15, 0.2) is 78.5 Å². The largest absolute Gasteiger partial charge is 0.497 e. The van der Waals surface area contributed by atoms with Gasteiger partial charge in [0.1, 0.15) is 17.2 Å². The molecule has 0 saturated heterocycles. The van der Waals surface area contributed by atoms with Crippen LogP contribution in [-0.2, 0) is 9.59 Å². The van der Waals surface area contributed by atoms with Gasteiger partial charge >= 0.3 is 0 Å². The average Bonchev–Trinajstić information content (AvgIpc) is 3.08. The second-order valence-corrected chi connectivity index (χ2v) is 7.69. The van der Waals surface area contributed by atoms with Crippen molar-refractivity contribution >= 4 is 34.4 Å². The Bertz CT molecular complexity index is 1220. The van der Waals surface area contributed by atoms with Crippen LogP contribution in [0.4, 0.5) is 17.1 Å². The molecule has 4 rings (SSSR count). The number of amides is 2. The minimum absolute atomic E-state index is 0.214. The summed E-state index contributed by atoms with van der Waals surface area (Å²) in [5.41, 5.74) is 3.29. The SMILES string of the molecule is COc1ccc(C2=C(Nc3ccc(N(C)C)cc3)C(=O)N(c3cccc(OC)c3)C2=O)cc1. The van der Waals surface area contributed by atoms with Gasteiger partial charge in [-0.25, -0.2) is 4.90 Å². The smallest absolute Gasteiger partial charge is 0.282 e. The summed E-state index contributed by atoms with van der Waals surface area (Å²) in [5.74, 6) is 0.371. The Balaban J connectivity index is 1.78.